The van der Waals surface area contributed by atoms with Crippen LogP contribution in [0.3, 0.4) is 0 Å². The van der Waals surface area contributed by atoms with Crippen molar-refractivity contribution in [2.24, 2.45) is 5.92 Å². The lowest BCUT2D eigenvalue weighted by Crippen LogP contribution is -2.29. The third kappa shape index (κ3) is 3.63. The van der Waals surface area contributed by atoms with E-state index in [-0.39, 0.29) is 5.91 Å². The van der Waals surface area contributed by atoms with Crippen molar-refractivity contribution in [3.63, 3.8) is 0 Å². The normalized spacial score (nSPS) is 14.9. The summed E-state index contributed by atoms with van der Waals surface area (Å²) in [4.78, 5) is 19.2. The van der Waals surface area contributed by atoms with Gasteiger partial charge in [0.15, 0.2) is 0 Å². The quantitative estimate of drug-likeness (QED) is 0.732. The minimum Gasteiger partial charge on any atom is -0.308 e. The molecule has 1 aromatic heterocycles. The molecule has 1 aliphatic carbocycles. The molecule has 1 amide bonds. The number of aromatic nitrogens is 2. The second-order valence-electron chi connectivity index (χ2n) is 3.69. The first-order valence-electron chi connectivity index (χ1n) is 5.12. The summed E-state index contributed by atoms with van der Waals surface area (Å²) in [5, 5.41) is 5.71. The Kier molecular flexibility index (Phi) is 3.24. The van der Waals surface area contributed by atoms with Crippen LogP contribution in [-0.2, 0) is 4.79 Å². The van der Waals surface area contributed by atoms with Crippen molar-refractivity contribution in [3.8, 4) is 0 Å². The zero-order chi connectivity index (χ0) is 10.5. The van der Waals surface area contributed by atoms with Crippen LogP contribution in [0.1, 0.15) is 12.8 Å². The van der Waals surface area contributed by atoms with Crippen LogP contribution in [0, 0.1) is 5.92 Å². The van der Waals surface area contributed by atoms with Crippen molar-refractivity contribution in [2.75, 3.05) is 18.4 Å². The van der Waals surface area contributed by atoms with E-state index in [0.29, 0.717) is 12.5 Å². The van der Waals surface area contributed by atoms with Gasteiger partial charge in [0.1, 0.15) is 0 Å². The summed E-state index contributed by atoms with van der Waals surface area (Å²) in [6.07, 6.45) is 5.77. The molecule has 1 aliphatic rings. The summed E-state index contributed by atoms with van der Waals surface area (Å²) in [5.41, 5.74) is 0. The van der Waals surface area contributed by atoms with Gasteiger partial charge in [-0.3, -0.25) is 10.1 Å². The largest absolute Gasteiger partial charge is 0.308 e. The highest BCUT2D eigenvalue weighted by Gasteiger charge is 2.20. The van der Waals surface area contributed by atoms with Crippen LogP contribution < -0.4 is 10.6 Å². The number of hydrogen-bond acceptors (Lipinski definition) is 4. The summed E-state index contributed by atoms with van der Waals surface area (Å²) in [6.45, 7) is 1.26. The van der Waals surface area contributed by atoms with Crippen molar-refractivity contribution >= 4 is 11.9 Å². The van der Waals surface area contributed by atoms with E-state index in [1.807, 2.05) is 0 Å². The third-order valence-electron chi connectivity index (χ3n) is 2.23. The highest BCUT2D eigenvalue weighted by molar-refractivity contribution is 5.90. The van der Waals surface area contributed by atoms with Gasteiger partial charge in [0.05, 0.1) is 6.54 Å². The van der Waals surface area contributed by atoms with Gasteiger partial charge in [-0.05, 0) is 31.4 Å². The summed E-state index contributed by atoms with van der Waals surface area (Å²) >= 11 is 0. The number of amides is 1. The molecule has 15 heavy (non-hydrogen) atoms. The molecule has 0 aliphatic heterocycles. The van der Waals surface area contributed by atoms with Crippen molar-refractivity contribution in [2.45, 2.75) is 12.8 Å². The number of anilines is 1. The molecule has 1 saturated carbocycles. The van der Waals surface area contributed by atoms with Gasteiger partial charge < -0.3 is 5.32 Å². The van der Waals surface area contributed by atoms with Crippen LogP contribution >= 0.6 is 0 Å². The smallest absolute Gasteiger partial charge is 0.240 e. The van der Waals surface area contributed by atoms with Gasteiger partial charge in [-0.15, -0.1) is 0 Å². The van der Waals surface area contributed by atoms with Gasteiger partial charge in [0.2, 0.25) is 11.9 Å². The van der Waals surface area contributed by atoms with E-state index < -0.39 is 0 Å². The highest BCUT2D eigenvalue weighted by Crippen LogP contribution is 2.27. The van der Waals surface area contributed by atoms with Crippen LogP contribution in [0.2, 0.25) is 0 Å². The predicted molar refractivity (Wildman–Crippen MR) is 56.3 cm³/mol. The Morgan fingerprint density at radius 1 is 1.40 bits per heavy atom. The summed E-state index contributed by atoms with van der Waals surface area (Å²) < 4.78 is 0. The molecule has 0 atom stereocenters. The molecule has 80 valence electrons. The Balaban J connectivity index is 1.67. The molecule has 2 N–H and O–H groups in total. The van der Waals surface area contributed by atoms with Crippen LogP contribution in [0.5, 0.6) is 0 Å². The zero-order valence-electron chi connectivity index (χ0n) is 8.44. The van der Waals surface area contributed by atoms with E-state index >= 15 is 0 Å². The maximum atomic E-state index is 11.4. The summed E-state index contributed by atoms with van der Waals surface area (Å²) in [6, 6.07) is 1.71. The fourth-order valence-electron chi connectivity index (χ4n) is 1.24. The van der Waals surface area contributed by atoms with Crippen LogP contribution in [0.4, 0.5) is 5.95 Å². The van der Waals surface area contributed by atoms with E-state index in [0.717, 1.165) is 12.5 Å². The molecule has 0 unspecified atom stereocenters. The van der Waals surface area contributed by atoms with Crippen LogP contribution in [-0.4, -0.2) is 29.0 Å². The number of nitrogens with zero attached hydrogens (tertiary/aromatic N) is 2. The van der Waals surface area contributed by atoms with Crippen molar-refractivity contribution in [3.05, 3.63) is 18.5 Å². The molecule has 2 rings (SSSR count). The lowest BCUT2D eigenvalue weighted by Gasteiger charge is -2.03. The maximum Gasteiger partial charge on any atom is 0.240 e. The van der Waals surface area contributed by atoms with Crippen molar-refractivity contribution < 1.29 is 4.79 Å². The Labute approximate surface area is 88.3 Å². The number of hydrogen-bond donors (Lipinski definition) is 2. The first-order chi connectivity index (χ1) is 7.34. The molecule has 0 spiro atoms. The second kappa shape index (κ2) is 4.84. The fourth-order valence-corrected chi connectivity index (χ4v) is 1.24. The molecule has 0 saturated heterocycles. The molecule has 5 nitrogen and oxygen atoms in total. The van der Waals surface area contributed by atoms with Crippen LogP contribution in [0.15, 0.2) is 18.5 Å². The zero-order valence-corrected chi connectivity index (χ0v) is 8.44. The Hall–Kier alpha value is -1.49. The van der Waals surface area contributed by atoms with Crippen LogP contribution in [0.25, 0.3) is 0 Å². The molecule has 5 heteroatoms. The van der Waals surface area contributed by atoms with Crippen molar-refractivity contribution in [1.29, 1.82) is 0 Å². The molecule has 1 aromatic rings. The Morgan fingerprint density at radius 3 is 2.80 bits per heavy atom. The summed E-state index contributed by atoms with van der Waals surface area (Å²) in [7, 11) is 0. The molecule has 1 heterocycles. The molecule has 0 bridgehead atoms. The number of carbonyl (C=O) groups excluding carboxylic acids is 1. The first-order valence-corrected chi connectivity index (χ1v) is 5.12. The SMILES string of the molecule is O=C(CNCC1CC1)Nc1ncccn1. The topological polar surface area (TPSA) is 66.9 Å². The average molecular weight is 206 g/mol. The number of rotatable bonds is 5. The van der Waals surface area contributed by atoms with E-state index in [2.05, 4.69) is 20.6 Å². The minimum atomic E-state index is -0.0955. The third-order valence-corrected chi connectivity index (χ3v) is 2.23. The van der Waals surface area contributed by atoms with E-state index in [4.69, 9.17) is 0 Å². The van der Waals surface area contributed by atoms with E-state index in [1.165, 1.54) is 12.8 Å². The molecule has 0 aromatic carbocycles. The molecular formula is C10H14N4O. The fraction of sp³-hybridized carbons (Fsp3) is 0.500. The van der Waals surface area contributed by atoms with Gasteiger partial charge >= 0.3 is 0 Å². The molecule has 0 radical (unpaired) electrons. The second-order valence-corrected chi connectivity index (χ2v) is 3.69. The van der Waals surface area contributed by atoms with Gasteiger partial charge in [-0.2, -0.15) is 0 Å². The van der Waals surface area contributed by atoms with Gasteiger partial charge in [-0.25, -0.2) is 9.97 Å². The van der Waals surface area contributed by atoms with Gasteiger partial charge in [0, 0.05) is 12.4 Å². The predicted octanol–water partition coefficient (Wildman–Crippen LogP) is 0.415. The highest BCUT2D eigenvalue weighted by atomic mass is 16.2. The van der Waals surface area contributed by atoms with Gasteiger partial charge in [0.25, 0.3) is 0 Å². The average Bonchev–Trinajstić information content (AvgIpc) is 3.03. The number of carbonyl (C=O) groups is 1. The molecule has 1 fully saturated rings. The minimum absolute atomic E-state index is 0.0955. The Bertz CT molecular complexity index is 323. The lowest BCUT2D eigenvalue weighted by molar-refractivity contribution is -0.115. The Morgan fingerprint density at radius 2 is 2.13 bits per heavy atom. The maximum absolute atomic E-state index is 11.4. The standard InChI is InChI=1S/C10H14N4O/c15-9(7-11-6-8-2-3-8)14-10-12-4-1-5-13-10/h1,4-5,8,11H,2-3,6-7H2,(H,12,13,14,15). The van der Waals surface area contributed by atoms with Gasteiger partial charge in [-0.1, -0.05) is 0 Å². The van der Waals surface area contributed by atoms with E-state index in [1.54, 1.807) is 18.5 Å². The monoisotopic (exact) mass is 206 g/mol. The number of nitrogens with one attached hydrogen (secondary N) is 2. The van der Waals surface area contributed by atoms with E-state index in [9.17, 15) is 4.79 Å². The lowest BCUT2D eigenvalue weighted by atomic mass is 10.4. The summed E-state index contributed by atoms with van der Waals surface area (Å²) in [5.74, 6) is 1.04. The molecular weight excluding hydrogens is 192 g/mol. The first kappa shape index (κ1) is 10.0. The van der Waals surface area contributed by atoms with Crippen molar-refractivity contribution in [1.82, 2.24) is 15.3 Å².